The summed E-state index contributed by atoms with van der Waals surface area (Å²) in [6.07, 6.45) is 5.52. The fourth-order valence-electron chi connectivity index (χ4n) is 4.54. The Hall–Kier alpha value is -0.610. The predicted octanol–water partition coefficient (Wildman–Crippen LogP) is 1.60. The number of amides is 1. The van der Waals surface area contributed by atoms with E-state index in [1.165, 1.54) is 38.9 Å². The summed E-state index contributed by atoms with van der Waals surface area (Å²) in [5, 5.41) is 0. The summed E-state index contributed by atoms with van der Waals surface area (Å²) < 4.78 is 6.02. The van der Waals surface area contributed by atoms with Crippen LogP contribution in [0.1, 0.15) is 32.6 Å². The van der Waals surface area contributed by atoms with E-state index in [9.17, 15) is 4.79 Å². The van der Waals surface area contributed by atoms with E-state index in [2.05, 4.69) is 16.7 Å². The van der Waals surface area contributed by atoms with Crippen molar-refractivity contribution in [2.24, 2.45) is 23.7 Å². The summed E-state index contributed by atoms with van der Waals surface area (Å²) in [7, 11) is 0. The van der Waals surface area contributed by atoms with Gasteiger partial charge >= 0.3 is 0 Å². The zero-order valence-electron chi connectivity index (χ0n) is 13.2. The Labute approximate surface area is 127 Å². The average Bonchev–Trinajstić information content (AvgIpc) is 2.93. The Morgan fingerprint density at radius 3 is 2.67 bits per heavy atom. The van der Waals surface area contributed by atoms with E-state index in [0.717, 1.165) is 26.1 Å². The number of ether oxygens (including phenoxy) is 1. The Kier molecular flexibility index (Phi) is 3.70. The zero-order valence-corrected chi connectivity index (χ0v) is 13.2. The van der Waals surface area contributed by atoms with Crippen molar-refractivity contribution in [1.82, 2.24) is 9.80 Å². The van der Waals surface area contributed by atoms with Crippen molar-refractivity contribution in [3.05, 3.63) is 0 Å². The van der Waals surface area contributed by atoms with Crippen LogP contribution in [0.3, 0.4) is 0 Å². The molecular formula is C17H28N2O2. The molecule has 0 spiro atoms. The normalized spacial score (nSPS) is 43.1. The predicted molar refractivity (Wildman–Crippen MR) is 80.9 cm³/mol. The molecular weight excluding hydrogens is 264 g/mol. The first kappa shape index (κ1) is 14.0. The Balaban J connectivity index is 1.33. The van der Waals surface area contributed by atoms with E-state index >= 15 is 0 Å². The number of carbonyl (C=O) groups excluding carboxylic acids is 1. The Bertz CT molecular complexity index is 408. The van der Waals surface area contributed by atoms with Crippen LogP contribution in [0.25, 0.3) is 0 Å². The third kappa shape index (κ3) is 2.72. The number of carbonyl (C=O) groups is 1. The molecule has 118 valence electrons. The second kappa shape index (κ2) is 5.54. The van der Waals surface area contributed by atoms with Crippen LogP contribution in [0.2, 0.25) is 0 Å². The van der Waals surface area contributed by atoms with E-state index in [1.807, 2.05) is 0 Å². The number of likely N-dealkylation sites (tertiary alicyclic amines) is 2. The molecule has 5 atom stereocenters. The third-order valence-corrected chi connectivity index (χ3v) is 6.12. The molecule has 1 saturated carbocycles. The van der Waals surface area contributed by atoms with Crippen LogP contribution >= 0.6 is 0 Å². The van der Waals surface area contributed by atoms with Crippen LogP contribution < -0.4 is 0 Å². The first-order chi connectivity index (χ1) is 10.2. The van der Waals surface area contributed by atoms with Gasteiger partial charge in [-0.25, -0.2) is 0 Å². The van der Waals surface area contributed by atoms with Crippen LogP contribution in [0, 0.1) is 23.7 Å². The van der Waals surface area contributed by atoms with E-state index in [0.29, 0.717) is 35.7 Å². The van der Waals surface area contributed by atoms with Gasteiger partial charge in [0.2, 0.25) is 5.91 Å². The summed E-state index contributed by atoms with van der Waals surface area (Å²) >= 11 is 0. The van der Waals surface area contributed by atoms with Gasteiger partial charge in [-0.3, -0.25) is 4.79 Å². The Morgan fingerprint density at radius 2 is 1.95 bits per heavy atom. The molecule has 1 amide bonds. The van der Waals surface area contributed by atoms with Gasteiger partial charge in [0.05, 0.1) is 12.7 Å². The van der Waals surface area contributed by atoms with E-state index in [1.54, 1.807) is 0 Å². The van der Waals surface area contributed by atoms with Crippen molar-refractivity contribution in [2.45, 2.75) is 38.7 Å². The number of nitrogens with zero attached hydrogens (tertiary/aromatic N) is 2. The van der Waals surface area contributed by atoms with Crippen LogP contribution in [0.5, 0.6) is 0 Å². The molecule has 3 saturated heterocycles. The lowest BCUT2D eigenvalue weighted by Crippen LogP contribution is -2.38. The molecule has 21 heavy (non-hydrogen) atoms. The molecule has 4 fully saturated rings. The molecule has 0 radical (unpaired) electrons. The summed E-state index contributed by atoms with van der Waals surface area (Å²) in [5.74, 6) is 2.57. The highest BCUT2D eigenvalue weighted by Gasteiger charge is 2.49. The van der Waals surface area contributed by atoms with E-state index in [4.69, 9.17) is 4.74 Å². The van der Waals surface area contributed by atoms with Crippen molar-refractivity contribution in [1.29, 1.82) is 0 Å². The minimum Gasteiger partial charge on any atom is -0.376 e. The minimum atomic E-state index is 0.317. The third-order valence-electron chi connectivity index (χ3n) is 6.12. The lowest BCUT2D eigenvalue weighted by Gasteiger charge is -2.30. The number of fused-ring (bicyclic) bond motifs is 1. The van der Waals surface area contributed by atoms with Gasteiger partial charge in [0.25, 0.3) is 0 Å². The summed E-state index contributed by atoms with van der Waals surface area (Å²) in [4.78, 5) is 17.1. The van der Waals surface area contributed by atoms with Crippen LogP contribution in [-0.4, -0.2) is 61.1 Å². The number of hydrogen-bond acceptors (Lipinski definition) is 3. The van der Waals surface area contributed by atoms with Gasteiger partial charge in [-0.1, -0.05) is 13.3 Å². The molecule has 1 aliphatic carbocycles. The molecule has 4 nitrogen and oxygen atoms in total. The fraction of sp³-hybridized carbons (Fsp3) is 0.941. The molecule has 0 aromatic rings. The number of rotatable bonds is 3. The van der Waals surface area contributed by atoms with Gasteiger partial charge in [-0.05, 0) is 38.3 Å². The number of piperidine rings is 1. The number of hydrogen-bond donors (Lipinski definition) is 0. The molecule has 0 aromatic heterocycles. The monoisotopic (exact) mass is 292 g/mol. The maximum Gasteiger partial charge on any atom is 0.226 e. The molecule has 3 heterocycles. The molecule has 0 bridgehead atoms. The van der Waals surface area contributed by atoms with E-state index < -0.39 is 0 Å². The fourth-order valence-corrected chi connectivity index (χ4v) is 4.54. The zero-order chi connectivity index (χ0) is 14.4. The Morgan fingerprint density at radius 1 is 1.19 bits per heavy atom. The minimum absolute atomic E-state index is 0.317. The smallest absolute Gasteiger partial charge is 0.226 e. The summed E-state index contributed by atoms with van der Waals surface area (Å²) in [5.41, 5.74) is 0. The second-order valence-electron chi connectivity index (χ2n) is 7.72. The maximum absolute atomic E-state index is 12.4. The highest BCUT2D eigenvalue weighted by Crippen LogP contribution is 2.42. The molecule has 4 rings (SSSR count). The van der Waals surface area contributed by atoms with Crippen LogP contribution in [0.4, 0.5) is 0 Å². The first-order valence-corrected chi connectivity index (χ1v) is 8.85. The molecule has 3 aliphatic heterocycles. The second-order valence-corrected chi connectivity index (χ2v) is 7.72. The van der Waals surface area contributed by atoms with Gasteiger partial charge < -0.3 is 14.5 Å². The molecule has 0 unspecified atom stereocenters. The first-order valence-electron chi connectivity index (χ1n) is 8.85. The SMILES string of the molecule is C[C@@H]1C[C@H]1C(=O)N1C[C@@H]2[C@H](CN3CCCCC3)CO[C@@H]2C1. The summed E-state index contributed by atoms with van der Waals surface area (Å²) in [6, 6.07) is 0. The highest BCUT2D eigenvalue weighted by molar-refractivity contribution is 5.82. The largest absolute Gasteiger partial charge is 0.376 e. The highest BCUT2D eigenvalue weighted by atomic mass is 16.5. The van der Waals surface area contributed by atoms with Crippen molar-refractivity contribution in [2.75, 3.05) is 39.3 Å². The summed E-state index contributed by atoms with van der Waals surface area (Å²) in [6.45, 7) is 8.60. The van der Waals surface area contributed by atoms with Crippen LogP contribution in [-0.2, 0) is 9.53 Å². The van der Waals surface area contributed by atoms with Crippen molar-refractivity contribution < 1.29 is 9.53 Å². The lowest BCUT2D eigenvalue weighted by molar-refractivity contribution is -0.132. The molecule has 4 heteroatoms. The topological polar surface area (TPSA) is 32.8 Å². The van der Waals surface area contributed by atoms with Crippen molar-refractivity contribution >= 4 is 5.91 Å². The molecule has 0 N–H and O–H groups in total. The van der Waals surface area contributed by atoms with Gasteiger partial charge in [0.15, 0.2) is 0 Å². The van der Waals surface area contributed by atoms with Gasteiger partial charge in [0, 0.05) is 37.4 Å². The quantitative estimate of drug-likeness (QED) is 0.792. The van der Waals surface area contributed by atoms with Gasteiger partial charge in [-0.2, -0.15) is 0 Å². The lowest BCUT2D eigenvalue weighted by atomic mass is 9.92. The van der Waals surface area contributed by atoms with Gasteiger partial charge in [0.1, 0.15) is 0 Å². The van der Waals surface area contributed by atoms with Gasteiger partial charge in [-0.15, -0.1) is 0 Å². The maximum atomic E-state index is 12.4. The van der Waals surface area contributed by atoms with Crippen molar-refractivity contribution in [3.8, 4) is 0 Å². The molecule has 0 aromatic carbocycles. The standard InChI is InChI=1S/C17H28N2O2/c1-12-7-14(12)17(20)19-9-15-13(11-21-16(15)10-19)8-18-5-3-2-4-6-18/h12-16H,2-11H2,1H3/t12-,13-,14-,15-,16-/m1/s1. The van der Waals surface area contributed by atoms with Crippen LogP contribution in [0.15, 0.2) is 0 Å². The van der Waals surface area contributed by atoms with E-state index in [-0.39, 0.29) is 0 Å². The average molecular weight is 292 g/mol. The van der Waals surface area contributed by atoms with Crippen molar-refractivity contribution in [3.63, 3.8) is 0 Å². The molecule has 4 aliphatic rings.